The summed E-state index contributed by atoms with van der Waals surface area (Å²) in [5.41, 5.74) is 2.01. The van der Waals surface area contributed by atoms with Crippen molar-refractivity contribution < 1.29 is 14.2 Å². The second-order valence-corrected chi connectivity index (χ2v) is 4.71. The van der Waals surface area contributed by atoms with Gasteiger partial charge in [-0.1, -0.05) is 29.8 Å². The molecule has 0 aliphatic heterocycles. The monoisotopic (exact) mass is 280 g/mol. The number of benzene rings is 2. The molecule has 0 saturated heterocycles. The van der Waals surface area contributed by atoms with E-state index in [1.54, 1.807) is 18.2 Å². The third-order valence-corrected chi connectivity index (χ3v) is 3.41. The van der Waals surface area contributed by atoms with Gasteiger partial charge in [0.2, 0.25) is 0 Å². The van der Waals surface area contributed by atoms with Crippen LogP contribution in [-0.2, 0) is 0 Å². The van der Waals surface area contributed by atoms with Crippen LogP contribution in [0.5, 0.6) is 5.75 Å². The first kappa shape index (κ1) is 13.8. The van der Waals surface area contributed by atoms with Crippen molar-refractivity contribution in [3.63, 3.8) is 0 Å². The van der Waals surface area contributed by atoms with E-state index in [-0.39, 0.29) is 5.75 Å². The number of aliphatic hydroxyl groups excluding tert-OH is 1. The molecule has 100 valence electrons. The van der Waals surface area contributed by atoms with Crippen molar-refractivity contribution in [1.29, 1.82) is 0 Å². The molecule has 0 spiro atoms. The number of aryl methyl sites for hydroxylation is 1. The Morgan fingerprint density at radius 1 is 1.16 bits per heavy atom. The summed E-state index contributed by atoms with van der Waals surface area (Å²) >= 11 is 6.02. The molecule has 2 rings (SSSR count). The Morgan fingerprint density at radius 3 is 2.37 bits per heavy atom. The molecule has 2 aromatic rings. The fourth-order valence-corrected chi connectivity index (χ4v) is 2.01. The van der Waals surface area contributed by atoms with Crippen molar-refractivity contribution in [2.75, 3.05) is 7.11 Å². The van der Waals surface area contributed by atoms with Gasteiger partial charge in [0.1, 0.15) is 6.10 Å². The Balaban J connectivity index is 2.35. The number of ether oxygens (including phenoxy) is 1. The summed E-state index contributed by atoms with van der Waals surface area (Å²) in [6.07, 6.45) is -0.918. The normalized spacial score (nSPS) is 12.3. The average molecular weight is 281 g/mol. The Kier molecular flexibility index (Phi) is 4.08. The van der Waals surface area contributed by atoms with Crippen LogP contribution in [-0.4, -0.2) is 12.2 Å². The molecule has 0 aromatic heterocycles. The van der Waals surface area contributed by atoms with Crippen LogP contribution in [0.15, 0.2) is 36.4 Å². The molecular formula is C15H14ClFO2. The van der Waals surface area contributed by atoms with E-state index in [2.05, 4.69) is 0 Å². The summed E-state index contributed by atoms with van der Waals surface area (Å²) in [6, 6.07) is 9.65. The van der Waals surface area contributed by atoms with Crippen molar-refractivity contribution in [3.05, 3.63) is 63.9 Å². The SMILES string of the molecule is COc1ccc(C(O)c2ccc(C)c(Cl)c2)cc1F. The first-order valence-corrected chi connectivity index (χ1v) is 6.18. The Bertz CT molecular complexity index is 599. The number of hydrogen-bond acceptors (Lipinski definition) is 2. The van der Waals surface area contributed by atoms with Crippen molar-refractivity contribution in [1.82, 2.24) is 0 Å². The van der Waals surface area contributed by atoms with Crippen LogP contribution in [0.2, 0.25) is 5.02 Å². The molecule has 1 N–H and O–H groups in total. The number of hydrogen-bond donors (Lipinski definition) is 1. The van der Waals surface area contributed by atoms with Crippen LogP contribution in [0.1, 0.15) is 22.8 Å². The molecule has 0 fully saturated rings. The summed E-state index contributed by atoms with van der Waals surface area (Å²) in [5.74, 6) is -0.352. The second-order valence-electron chi connectivity index (χ2n) is 4.31. The third kappa shape index (κ3) is 2.88. The zero-order valence-corrected chi connectivity index (χ0v) is 11.4. The third-order valence-electron chi connectivity index (χ3n) is 3.00. The lowest BCUT2D eigenvalue weighted by molar-refractivity contribution is 0.219. The Labute approximate surface area is 116 Å². The smallest absolute Gasteiger partial charge is 0.165 e. The van der Waals surface area contributed by atoms with E-state index in [0.29, 0.717) is 16.1 Å². The summed E-state index contributed by atoms with van der Waals surface area (Å²) in [7, 11) is 1.40. The zero-order chi connectivity index (χ0) is 14.0. The lowest BCUT2D eigenvalue weighted by Crippen LogP contribution is -2.01. The van der Waals surface area contributed by atoms with Gasteiger partial charge < -0.3 is 9.84 Å². The molecule has 0 bridgehead atoms. The van der Waals surface area contributed by atoms with Crippen LogP contribution < -0.4 is 4.74 Å². The molecule has 1 atom stereocenters. The molecule has 0 radical (unpaired) electrons. The average Bonchev–Trinajstić information content (AvgIpc) is 2.41. The van der Waals surface area contributed by atoms with Crippen LogP contribution in [0.25, 0.3) is 0 Å². The van der Waals surface area contributed by atoms with Crippen molar-refractivity contribution in [3.8, 4) is 5.75 Å². The highest BCUT2D eigenvalue weighted by atomic mass is 35.5. The van der Waals surface area contributed by atoms with E-state index < -0.39 is 11.9 Å². The molecule has 4 heteroatoms. The van der Waals surface area contributed by atoms with Gasteiger partial charge >= 0.3 is 0 Å². The van der Waals surface area contributed by atoms with E-state index in [4.69, 9.17) is 16.3 Å². The van der Waals surface area contributed by atoms with E-state index in [9.17, 15) is 9.50 Å². The highest BCUT2D eigenvalue weighted by Crippen LogP contribution is 2.28. The Morgan fingerprint density at radius 2 is 1.79 bits per heavy atom. The van der Waals surface area contributed by atoms with Crippen LogP contribution in [0.3, 0.4) is 0 Å². The first-order valence-electron chi connectivity index (χ1n) is 5.80. The minimum absolute atomic E-state index is 0.151. The Hall–Kier alpha value is -1.58. The molecule has 0 amide bonds. The van der Waals surface area contributed by atoms with E-state index in [1.165, 1.54) is 19.2 Å². The largest absolute Gasteiger partial charge is 0.494 e. The van der Waals surface area contributed by atoms with Crippen molar-refractivity contribution >= 4 is 11.6 Å². The van der Waals surface area contributed by atoms with Gasteiger partial charge in [0.25, 0.3) is 0 Å². The summed E-state index contributed by atoms with van der Waals surface area (Å²) < 4.78 is 18.5. The topological polar surface area (TPSA) is 29.5 Å². The number of methoxy groups -OCH3 is 1. The molecule has 0 heterocycles. The maximum atomic E-state index is 13.6. The zero-order valence-electron chi connectivity index (χ0n) is 10.7. The highest BCUT2D eigenvalue weighted by molar-refractivity contribution is 6.31. The van der Waals surface area contributed by atoms with Crippen LogP contribution in [0, 0.1) is 12.7 Å². The van der Waals surface area contributed by atoms with Gasteiger partial charge in [0.15, 0.2) is 11.6 Å². The van der Waals surface area contributed by atoms with Gasteiger partial charge in [-0.3, -0.25) is 0 Å². The molecule has 19 heavy (non-hydrogen) atoms. The summed E-state index contributed by atoms with van der Waals surface area (Å²) in [5, 5.41) is 10.8. The van der Waals surface area contributed by atoms with Gasteiger partial charge in [-0.05, 0) is 41.8 Å². The molecule has 2 nitrogen and oxygen atoms in total. The lowest BCUT2D eigenvalue weighted by atomic mass is 10.0. The summed E-state index contributed by atoms with van der Waals surface area (Å²) in [6.45, 7) is 1.88. The van der Waals surface area contributed by atoms with Gasteiger partial charge in [0, 0.05) is 5.02 Å². The standard InChI is InChI=1S/C15H14ClFO2/c1-9-3-4-10(7-12(9)16)15(18)11-5-6-14(19-2)13(17)8-11/h3-8,15,18H,1-2H3. The number of rotatable bonds is 3. The van der Waals surface area contributed by atoms with E-state index in [0.717, 1.165) is 5.56 Å². The molecular weight excluding hydrogens is 267 g/mol. The van der Waals surface area contributed by atoms with Crippen molar-refractivity contribution in [2.45, 2.75) is 13.0 Å². The van der Waals surface area contributed by atoms with E-state index in [1.807, 2.05) is 13.0 Å². The number of aliphatic hydroxyl groups is 1. The van der Waals surface area contributed by atoms with Gasteiger partial charge in [-0.15, -0.1) is 0 Å². The predicted molar refractivity (Wildman–Crippen MR) is 73.2 cm³/mol. The molecule has 2 aromatic carbocycles. The van der Waals surface area contributed by atoms with Gasteiger partial charge in [-0.2, -0.15) is 0 Å². The molecule has 0 saturated carbocycles. The summed E-state index contributed by atoms with van der Waals surface area (Å²) in [4.78, 5) is 0. The fourth-order valence-electron chi connectivity index (χ4n) is 1.82. The highest BCUT2D eigenvalue weighted by Gasteiger charge is 2.14. The van der Waals surface area contributed by atoms with Crippen LogP contribution >= 0.6 is 11.6 Å². The minimum Gasteiger partial charge on any atom is -0.494 e. The second kappa shape index (κ2) is 5.59. The number of halogens is 2. The molecule has 1 unspecified atom stereocenters. The molecule has 0 aliphatic rings. The van der Waals surface area contributed by atoms with Crippen molar-refractivity contribution in [2.24, 2.45) is 0 Å². The van der Waals surface area contributed by atoms with Gasteiger partial charge in [-0.25, -0.2) is 4.39 Å². The quantitative estimate of drug-likeness (QED) is 0.924. The minimum atomic E-state index is -0.918. The maximum Gasteiger partial charge on any atom is 0.165 e. The predicted octanol–water partition coefficient (Wildman–Crippen LogP) is 3.88. The maximum absolute atomic E-state index is 13.6. The fraction of sp³-hybridized carbons (Fsp3) is 0.200. The lowest BCUT2D eigenvalue weighted by Gasteiger charge is -2.13. The van der Waals surface area contributed by atoms with E-state index >= 15 is 0 Å². The first-order chi connectivity index (χ1) is 9.02. The molecule has 0 aliphatic carbocycles. The van der Waals surface area contributed by atoms with Crippen LogP contribution in [0.4, 0.5) is 4.39 Å². The van der Waals surface area contributed by atoms with Gasteiger partial charge in [0.05, 0.1) is 7.11 Å².